The van der Waals surface area contributed by atoms with Crippen LogP contribution in [0.25, 0.3) is 0 Å². The second kappa shape index (κ2) is 5.43. The molecule has 2 aromatic carbocycles. The van der Waals surface area contributed by atoms with E-state index in [1.165, 1.54) is 0 Å². The summed E-state index contributed by atoms with van der Waals surface area (Å²) in [6.07, 6.45) is 0. The van der Waals surface area contributed by atoms with E-state index in [4.69, 9.17) is 22.1 Å². The third-order valence-electron chi connectivity index (χ3n) is 2.33. The molecule has 2 aromatic rings. The van der Waals surface area contributed by atoms with Crippen LogP contribution < -0.4 is 10.5 Å². The lowest BCUT2D eigenvalue weighted by Gasteiger charge is -2.11. The van der Waals surface area contributed by atoms with Crippen molar-refractivity contribution < 1.29 is 4.74 Å². The summed E-state index contributed by atoms with van der Waals surface area (Å²) in [5.74, 6) is 0.532. The summed E-state index contributed by atoms with van der Waals surface area (Å²) in [7, 11) is 0. The van der Waals surface area contributed by atoms with Gasteiger partial charge in [0.05, 0.1) is 10.7 Å². The number of hydrogen-bond acceptors (Lipinski definition) is 2. The molecule has 88 valence electrons. The SMILES string of the molecule is Nc1cccc(Cl)c1OCc1ccccc1Br. The minimum absolute atomic E-state index is 0.426. The zero-order valence-corrected chi connectivity index (χ0v) is 11.3. The van der Waals surface area contributed by atoms with E-state index in [-0.39, 0.29) is 0 Å². The number of hydrogen-bond donors (Lipinski definition) is 1. The van der Waals surface area contributed by atoms with Gasteiger partial charge in [-0.3, -0.25) is 0 Å². The predicted octanol–water partition coefficient (Wildman–Crippen LogP) is 4.26. The first kappa shape index (κ1) is 12.3. The number of para-hydroxylation sites is 1. The van der Waals surface area contributed by atoms with Gasteiger partial charge in [-0.15, -0.1) is 0 Å². The largest absolute Gasteiger partial charge is 0.485 e. The van der Waals surface area contributed by atoms with E-state index in [0.717, 1.165) is 10.0 Å². The van der Waals surface area contributed by atoms with Crippen molar-refractivity contribution in [3.63, 3.8) is 0 Å². The van der Waals surface area contributed by atoms with Crippen LogP contribution in [-0.4, -0.2) is 0 Å². The first-order valence-corrected chi connectivity index (χ1v) is 6.26. The second-order valence-electron chi connectivity index (χ2n) is 3.54. The van der Waals surface area contributed by atoms with Gasteiger partial charge in [-0.1, -0.05) is 51.8 Å². The van der Waals surface area contributed by atoms with Crippen LogP contribution in [0.15, 0.2) is 46.9 Å². The summed E-state index contributed by atoms with van der Waals surface area (Å²) in [5.41, 5.74) is 7.40. The van der Waals surface area contributed by atoms with Gasteiger partial charge in [-0.2, -0.15) is 0 Å². The van der Waals surface area contributed by atoms with E-state index in [1.807, 2.05) is 24.3 Å². The number of halogens is 2. The van der Waals surface area contributed by atoms with Crippen LogP contribution in [-0.2, 0) is 6.61 Å². The van der Waals surface area contributed by atoms with Crippen molar-refractivity contribution in [2.24, 2.45) is 0 Å². The summed E-state index contributed by atoms with van der Waals surface area (Å²) in [4.78, 5) is 0. The Hall–Kier alpha value is -1.19. The molecule has 2 nitrogen and oxygen atoms in total. The normalized spacial score (nSPS) is 10.2. The molecule has 0 atom stereocenters. The smallest absolute Gasteiger partial charge is 0.161 e. The lowest BCUT2D eigenvalue weighted by molar-refractivity contribution is 0.307. The maximum absolute atomic E-state index is 6.02. The summed E-state index contributed by atoms with van der Waals surface area (Å²) in [5, 5.41) is 0.525. The number of nitrogens with two attached hydrogens (primary N) is 1. The molecule has 0 fully saturated rings. The fourth-order valence-corrected chi connectivity index (χ4v) is 2.08. The highest BCUT2D eigenvalue weighted by Crippen LogP contribution is 2.31. The average Bonchev–Trinajstić information content (AvgIpc) is 2.30. The highest BCUT2D eigenvalue weighted by atomic mass is 79.9. The molecule has 2 N–H and O–H groups in total. The van der Waals surface area contributed by atoms with Gasteiger partial charge in [-0.25, -0.2) is 0 Å². The Kier molecular flexibility index (Phi) is 3.92. The Labute approximate surface area is 113 Å². The van der Waals surface area contributed by atoms with Gasteiger partial charge in [0.25, 0.3) is 0 Å². The zero-order valence-electron chi connectivity index (χ0n) is 8.99. The Morgan fingerprint density at radius 3 is 2.59 bits per heavy atom. The Morgan fingerprint density at radius 1 is 1.12 bits per heavy atom. The number of rotatable bonds is 3. The molecular formula is C13H11BrClNO. The number of benzene rings is 2. The minimum Gasteiger partial charge on any atom is -0.485 e. The molecular weight excluding hydrogens is 302 g/mol. The van der Waals surface area contributed by atoms with Crippen molar-refractivity contribution in [1.82, 2.24) is 0 Å². The zero-order chi connectivity index (χ0) is 12.3. The molecule has 0 aliphatic heterocycles. The van der Waals surface area contributed by atoms with Crippen LogP contribution in [0.1, 0.15) is 5.56 Å². The number of nitrogen functional groups attached to an aromatic ring is 1. The monoisotopic (exact) mass is 311 g/mol. The highest BCUT2D eigenvalue weighted by molar-refractivity contribution is 9.10. The molecule has 0 aliphatic rings. The quantitative estimate of drug-likeness (QED) is 0.859. The second-order valence-corrected chi connectivity index (χ2v) is 4.80. The Balaban J connectivity index is 2.16. The van der Waals surface area contributed by atoms with Crippen molar-refractivity contribution in [3.05, 3.63) is 57.5 Å². The molecule has 0 saturated carbocycles. The fraction of sp³-hybridized carbons (Fsp3) is 0.0769. The number of anilines is 1. The standard InChI is InChI=1S/C13H11BrClNO/c14-10-5-2-1-4-9(10)8-17-13-11(15)6-3-7-12(13)16/h1-7H,8,16H2. The molecule has 0 aromatic heterocycles. The highest BCUT2D eigenvalue weighted by Gasteiger charge is 2.06. The molecule has 4 heteroatoms. The first-order valence-electron chi connectivity index (χ1n) is 5.08. The fourth-order valence-electron chi connectivity index (χ4n) is 1.44. The molecule has 0 bridgehead atoms. The Bertz CT molecular complexity index is 510. The van der Waals surface area contributed by atoms with Crippen LogP contribution in [0, 0.1) is 0 Å². The summed E-state index contributed by atoms with van der Waals surface area (Å²) < 4.78 is 6.65. The summed E-state index contributed by atoms with van der Waals surface area (Å²) in [6, 6.07) is 13.2. The lowest BCUT2D eigenvalue weighted by atomic mass is 10.2. The van der Waals surface area contributed by atoms with E-state index in [9.17, 15) is 0 Å². The molecule has 0 heterocycles. The van der Waals surface area contributed by atoms with Crippen LogP contribution in [0.4, 0.5) is 5.69 Å². The van der Waals surface area contributed by atoms with Crippen molar-refractivity contribution in [2.45, 2.75) is 6.61 Å². The maximum Gasteiger partial charge on any atom is 0.161 e. The molecule has 0 unspecified atom stereocenters. The summed E-state index contributed by atoms with van der Waals surface area (Å²) in [6.45, 7) is 0.426. The minimum atomic E-state index is 0.426. The Morgan fingerprint density at radius 2 is 1.88 bits per heavy atom. The van der Waals surface area contributed by atoms with Crippen LogP contribution in [0.3, 0.4) is 0 Å². The van der Waals surface area contributed by atoms with Gasteiger partial charge in [0.15, 0.2) is 5.75 Å². The van der Waals surface area contributed by atoms with E-state index >= 15 is 0 Å². The molecule has 0 saturated heterocycles. The van der Waals surface area contributed by atoms with E-state index in [1.54, 1.807) is 18.2 Å². The molecule has 0 spiro atoms. The van der Waals surface area contributed by atoms with E-state index in [0.29, 0.717) is 23.1 Å². The van der Waals surface area contributed by atoms with Crippen molar-refractivity contribution in [3.8, 4) is 5.75 Å². The molecule has 0 amide bonds. The van der Waals surface area contributed by atoms with E-state index < -0.39 is 0 Å². The molecule has 0 aliphatic carbocycles. The lowest BCUT2D eigenvalue weighted by Crippen LogP contribution is -1.99. The third kappa shape index (κ3) is 2.93. The van der Waals surface area contributed by atoms with Crippen molar-refractivity contribution in [1.29, 1.82) is 0 Å². The van der Waals surface area contributed by atoms with Crippen LogP contribution >= 0.6 is 27.5 Å². The third-order valence-corrected chi connectivity index (χ3v) is 3.40. The summed E-state index contributed by atoms with van der Waals surface area (Å²) >= 11 is 9.48. The molecule has 0 radical (unpaired) electrons. The maximum atomic E-state index is 6.02. The van der Waals surface area contributed by atoms with Crippen LogP contribution in [0.2, 0.25) is 5.02 Å². The van der Waals surface area contributed by atoms with Gasteiger partial charge in [0, 0.05) is 10.0 Å². The predicted molar refractivity (Wildman–Crippen MR) is 74.3 cm³/mol. The molecule has 2 rings (SSSR count). The van der Waals surface area contributed by atoms with Crippen molar-refractivity contribution in [2.75, 3.05) is 5.73 Å². The van der Waals surface area contributed by atoms with E-state index in [2.05, 4.69) is 15.9 Å². The van der Waals surface area contributed by atoms with Gasteiger partial charge < -0.3 is 10.5 Å². The van der Waals surface area contributed by atoms with Gasteiger partial charge >= 0.3 is 0 Å². The topological polar surface area (TPSA) is 35.2 Å². The number of ether oxygens (including phenoxy) is 1. The van der Waals surface area contributed by atoms with Gasteiger partial charge in [0.2, 0.25) is 0 Å². The van der Waals surface area contributed by atoms with Crippen LogP contribution in [0.5, 0.6) is 5.75 Å². The first-order chi connectivity index (χ1) is 8.18. The molecule has 17 heavy (non-hydrogen) atoms. The van der Waals surface area contributed by atoms with Crippen molar-refractivity contribution >= 4 is 33.2 Å². The average molecular weight is 313 g/mol. The van der Waals surface area contributed by atoms with Gasteiger partial charge in [0.1, 0.15) is 6.61 Å². The van der Waals surface area contributed by atoms with Gasteiger partial charge in [-0.05, 0) is 18.2 Å².